The Morgan fingerprint density at radius 3 is 2.27 bits per heavy atom. The van der Waals surface area contributed by atoms with Crippen LogP contribution >= 0.6 is 11.6 Å². The van der Waals surface area contributed by atoms with E-state index in [9.17, 15) is 18.4 Å². The molecular formula is C18H15ClF2N2O3. The van der Waals surface area contributed by atoms with Gasteiger partial charge in [-0.1, -0.05) is 17.7 Å². The molecule has 2 aromatic carbocycles. The molecule has 1 fully saturated rings. The van der Waals surface area contributed by atoms with Gasteiger partial charge in [-0.25, -0.2) is 8.78 Å². The summed E-state index contributed by atoms with van der Waals surface area (Å²) in [7, 11) is 0. The van der Waals surface area contributed by atoms with Gasteiger partial charge in [-0.3, -0.25) is 9.59 Å². The molecule has 1 aliphatic carbocycles. The van der Waals surface area contributed by atoms with E-state index in [0.29, 0.717) is 18.4 Å². The van der Waals surface area contributed by atoms with Crippen LogP contribution in [-0.2, 0) is 16.1 Å². The lowest BCUT2D eigenvalue weighted by Crippen LogP contribution is -2.40. The molecule has 0 radical (unpaired) electrons. The normalized spacial score (nSPS) is 14.6. The van der Waals surface area contributed by atoms with Gasteiger partial charge in [0.15, 0.2) is 23.1 Å². The summed E-state index contributed by atoms with van der Waals surface area (Å²) in [6.45, 7) is 0.0281. The van der Waals surface area contributed by atoms with Gasteiger partial charge in [0.2, 0.25) is 11.8 Å². The third-order valence-electron chi connectivity index (χ3n) is 4.22. The van der Waals surface area contributed by atoms with Gasteiger partial charge in [0.05, 0.1) is 0 Å². The summed E-state index contributed by atoms with van der Waals surface area (Å²) in [4.78, 5) is 23.3. The average molecular weight is 381 g/mol. The Labute approximate surface area is 153 Å². The molecule has 0 bridgehead atoms. The fourth-order valence-electron chi connectivity index (χ4n) is 2.48. The van der Waals surface area contributed by atoms with Gasteiger partial charge in [0.1, 0.15) is 5.41 Å². The molecule has 136 valence electrons. The topological polar surface area (TPSA) is 81.4 Å². The van der Waals surface area contributed by atoms with E-state index in [-0.39, 0.29) is 23.1 Å². The van der Waals surface area contributed by atoms with Crippen molar-refractivity contribution in [3.63, 3.8) is 0 Å². The zero-order valence-corrected chi connectivity index (χ0v) is 14.3. The van der Waals surface area contributed by atoms with Crippen molar-refractivity contribution in [1.82, 2.24) is 5.32 Å². The van der Waals surface area contributed by atoms with Crippen LogP contribution in [0.3, 0.4) is 0 Å². The second-order valence-electron chi connectivity index (χ2n) is 6.07. The number of ether oxygens (including phenoxy) is 1. The fraction of sp³-hybridized carbons (Fsp3) is 0.222. The van der Waals surface area contributed by atoms with E-state index in [1.165, 1.54) is 24.3 Å². The molecule has 1 aliphatic rings. The van der Waals surface area contributed by atoms with Crippen LogP contribution in [-0.4, -0.2) is 11.8 Å². The van der Waals surface area contributed by atoms with Crippen molar-refractivity contribution >= 4 is 23.4 Å². The number of hydrogen-bond donors (Lipinski definition) is 2. The van der Waals surface area contributed by atoms with Gasteiger partial charge in [0, 0.05) is 11.6 Å². The standard InChI is InChI=1S/C18H15ClF2N2O3/c19-11-2-4-15(13(21)8-11)26-14-3-1-10(7-12(14)20)9-23-17(25)18(5-6-18)16(22)24/h1-4,7-8H,5-6,9H2,(H2,22,24)(H,23,25). The summed E-state index contributed by atoms with van der Waals surface area (Å²) in [6, 6.07) is 7.79. The van der Waals surface area contributed by atoms with Gasteiger partial charge < -0.3 is 15.8 Å². The number of rotatable bonds is 6. The number of carbonyl (C=O) groups is 2. The molecule has 2 amide bonds. The highest BCUT2D eigenvalue weighted by atomic mass is 35.5. The zero-order chi connectivity index (χ0) is 18.9. The maximum Gasteiger partial charge on any atom is 0.235 e. The molecular weight excluding hydrogens is 366 g/mol. The number of benzene rings is 2. The van der Waals surface area contributed by atoms with Crippen LogP contribution in [0.15, 0.2) is 36.4 Å². The monoisotopic (exact) mass is 380 g/mol. The third-order valence-corrected chi connectivity index (χ3v) is 4.45. The molecule has 0 aliphatic heterocycles. The van der Waals surface area contributed by atoms with Crippen LogP contribution in [0.5, 0.6) is 11.5 Å². The Hall–Kier alpha value is -2.67. The minimum Gasteiger partial charge on any atom is -0.451 e. The fourth-order valence-corrected chi connectivity index (χ4v) is 2.63. The van der Waals surface area contributed by atoms with Crippen LogP contribution in [0.1, 0.15) is 18.4 Å². The summed E-state index contributed by atoms with van der Waals surface area (Å²) in [6.07, 6.45) is 0.837. The van der Waals surface area contributed by atoms with Crippen LogP contribution in [0.4, 0.5) is 8.78 Å². The van der Waals surface area contributed by atoms with Crippen LogP contribution in [0.25, 0.3) is 0 Å². The maximum absolute atomic E-state index is 14.2. The van der Waals surface area contributed by atoms with Crippen LogP contribution < -0.4 is 15.8 Å². The zero-order valence-electron chi connectivity index (χ0n) is 13.5. The number of hydrogen-bond acceptors (Lipinski definition) is 3. The number of carbonyl (C=O) groups excluding carboxylic acids is 2. The Balaban J connectivity index is 1.66. The van der Waals surface area contributed by atoms with E-state index in [1.54, 1.807) is 0 Å². The molecule has 3 N–H and O–H groups in total. The number of nitrogens with one attached hydrogen (secondary N) is 1. The lowest BCUT2D eigenvalue weighted by molar-refractivity contribution is -0.135. The van der Waals surface area contributed by atoms with Crippen molar-refractivity contribution in [1.29, 1.82) is 0 Å². The van der Waals surface area contributed by atoms with E-state index < -0.39 is 28.9 Å². The van der Waals surface area contributed by atoms with E-state index in [4.69, 9.17) is 22.1 Å². The molecule has 3 rings (SSSR count). The van der Waals surface area contributed by atoms with Gasteiger partial charge in [0.25, 0.3) is 0 Å². The summed E-state index contributed by atoms with van der Waals surface area (Å²) in [5, 5.41) is 2.77. The first-order chi connectivity index (χ1) is 12.3. The highest BCUT2D eigenvalue weighted by molar-refractivity contribution is 6.30. The predicted molar refractivity (Wildman–Crippen MR) is 90.6 cm³/mol. The molecule has 26 heavy (non-hydrogen) atoms. The molecule has 5 nitrogen and oxygen atoms in total. The first-order valence-corrected chi connectivity index (χ1v) is 8.19. The summed E-state index contributed by atoms with van der Waals surface area (Å²) >= 11 is 5.66. The van der Waals surface area contributed by atoms with E-state index >= 15 is 0 Å². The van der Waals surface area contributed by atoms with E-state index in [1.807, 2.05) is 0 Å². The second kappa shape index (κ2) is 6.92. The highest BCUT2D eigenvalue weighted by Gasteiger charge is 2.55. The molecule has 0 atom stereocenters. The van der Waals surface area contributed by atoms with Gasteiger partial charge in [-0.15, -0.1) is 0 Å². The lowest BCUT2D eigenvalue weighted by atomic mass is 10.1. The SMILES string of the molecule is NC(=O)C1(C(=O)NCc2ccc(Oc3ccc(Cl)cc3F)c(F)c2)CC1. The first-order valence-electron chi connectivity index (χ1n) is 7.81. The van der Waals surface area contributed by atoms with E-state index in [0.717, 1.165) is 12.1 Å². The highest BCUT2D eigenvalue weighted by Crippen LogP contribution is 2.45. The number of halogens is 3. The van der Waals surface area contributed by atoms with E-state index in [2.05, 4.69) is 5.32 Å². The molecule has 0 unspecified atom stereocenters. The number of nitrogens with two attached hydrogens (primary N) is 1. The molecule has 0 heterocycles. The molecule has 2 aromatic rings. The van der Waals surface area contributed by atoms with Gasteiger partial charge >= 0.3 is 0 Å². The van der Waals surface area contributed by atoms with Crippen molar-refractivity contribution in [2.45, 2.75) is 19.4 Å². The van der Waals surface area contributed by atoms with Crippen molar-refractivity contribution in [2.75, 3.05) is 0 Å². The first kappa shape index (κ1) is 18.1. The van der Waals surface area contributed by atoms with Gasteiger partial charge in [-0.05, 0) is 48.7 Å². The third kappa shape index (κ3) is 3.62. The van der Waals surface area contributed by atoms with Crippen molar-refractivity contribution in [2.24, 2.45) is 11.1 Å². The van der Waals surface area contributed by atoms with Gasteiger partial charge in [-0.2, -0.15) is 0 Å². The number of primary amides is 1. The molecule has 1 saturated carbocycles. The minimum atomic E-state index is -1.13. The number of amides is 2. The smallest absolute Gasteiger partial charge is 0.235 e. The predicted octanol–water partition coefficient (Wildman–Crippen LogP) is 3.29. The van der Waals surface area contributed by atoms with Crippen LogP contribution in [0.2, 0.25) is 5.02 Å². The Kier molecular flexibility index (Phi) is 4.82. The minimum absolute atomic E-state index is 0.0281. The Bertz CT molecular complexity index is 885. The largest absolute Gasteiger partial charge is 0.451 e. The maximum atomic E-state index is 14.2. The van der Waals surface area contributed by atoms with Crippen molar-refractivity contribution < 1.29 is 23.1 Å². The Morgan fingerprint density at radius 2 is 1.73 bits per heavy atom. The Morgan fingerprint density at radius 1 is 1.12 bits per heavy atom. The molecule has 8 heteroatoms. The molecule has 0 spiro atoms. The summed E-state index contributed by atoms with van der Waals surface area (Å²) in [5.74, 6) is -2.89. The quantitative estimate of drug-likeness (QED) is 0.754. The summed E-state index contributed by atoms with van der Waals surface area (Å²) < 4.78 is 33.1. The summed E-state index contributed by atoms with van der Waals surface area (Å²) in [5.41, 5.74) is 4.55. The molecule has 0 aromatic heterocycles. The van der Waals surface area contributed by atoms with Crippen molar-refractivity contribution in [3.8, 4) is 11.5 Å². The lowest BCUT2D eigenvalue weighted by Gasteiger charge is -2.12. The average Bonchev–Trinajstić information content (AvgIpc) is 3.39. The van der Waals surface area contributed by atoms with Crippen LogP contribution in [0, 0.1) is 17.0 Å². The molecule has 0 saturated heterocycles. The van der Waals surface area contributed by atoms with Crippen molar-refractivity contribution in [3.05, 3.63) is 58.6 Å². The second-order valence-corrected chi connectivity index (χ2v) is 6.51.